The van der Waals surface area contributed by atoms with Gasteiger partial charge in [0.25, 0.3) is 0 Å². The van der Waals surface area contributed by atoms with Crippen molar-refractivity contribution in [1.29, 1.82) is 0 Å². The van der Waals surface area contributed by atoms with E-state index in [9.17, 15) is 0 Å². The van der Waals surface area contributed by atoms with Crippen LogP contribution in [-0.2, 0) is 6.54 Å². The van der Waals surface area contributed by atoms with Gasteiger partial charge in [0.15, 0.2) is 0 Å². The summed E-state index contributed by atoms with van der Waals surface area (Å²) in [5.41, 5.74) is 9.44. The average Bonchev–Trinajstić information content (AvgIpc) is 2.73. The number of hydrogen-bond donors (Lipinski definition) is 1. The van der Waals surface area contributed by atoms with Gasteiger partial charge in [0.05, 0.1) is 0 Å². The maximum Gasteiger partial charge on any atom is 0.0485 e. The molecular weight excluding hydrogens is 196 g/mol. The Morgan fingerprint density at radius 2 is 1.75 bits per heavy atom. The Labute approximate surface area is 96.7 Å². The van der Waals surface area contributed by atoms with Crippen molar-refractivity contribution in [3.63, 3.8) is 0 Å². The summed E-state index contributed by atoms with van der Waals surface area (Å²) >= 11 is 0. The molecule has 0 saturated carbocycles. The molecular formula is C14H18N2. The SMILES string of the molecule is CC(C)n1c(CN)ccc1-c1ccccc1. The Balaban J connectivity index is 2.53. The molecule has 16 heavy (non-hydrogen) atoms. The summed E-state index contributed by atoms with van der Waals surface area (Å²) in [6.07, 6.45) is 0. The second-order valence-electron chi connectivity index (χ2n) is 4.24. The highest BCUT2D eigenvalue weighted by molar-refractivity contribution is 5.61. The number of nitrogens with two attached hydrogens (primary N) is 1. The number of benzene rings is 1. The smallest absolute Gasteiger partial charge is 0.0485 e. The Hall–Kier alpha value is -1.54. The van der Waals surface area contributed by atoms with E-state index in [4.69, 9.17) is 5.73 Å². The van der Waals surface area contributed by atoms with Crippen molar-refractivity contribution in [3.05, 3.63) is 48.2 Å². The second-order valence-corrected chi connectivity index (χ2v) is 4.24. The lowest BCUT2D eigenvalue weighted by molar-refractivity contribution is 0.583. The van der Waals surface area contributed by atoms with Crippen molar-refractivity contribution in [3.8, 4) is 11.3 Å². The average molecular weight is 214 g/mol. The Morgan fingerprint density at radius 3 is 2.31 bits per heavy atom. The zero-order chi connectivity index (χ0) is 11.5. The van der Waals surface area contributed by atoms with Gasteiger partial charge in [-0.05, 0) is 31.5 Å². The number of rotatable bonds is 3. The molecule has 84 valence electrons. The van der Waals surface area contributed by atoms with Crippen molar-refractivity contribution in [2.45, 2.75) is 26.4 Å². The van der Waals surface area contributed by atoms with E-state index in [1.165, 1.54) is 17.0 Å². The fourth-order valence-electron chi connectivity index (χ4n) is 2.11. The van der Waals surface area contributed by atoms with Crippen LogP contribution < -0.4 is 5.73 Å². The summed E-state index contributed by atoms with van der Waals surface area (Å²) in [5, 5.41) is 0. The van der Waals surface area contributed by atoms with Gasteiger partial charge in [0.2, 0.25) is 0 Å². The van der Waals surface area contributed by atoms with E-state index < -0.39 is 0 Å². The molecule has 1 aromatic carbocycles. The predicted molar refractivity (Wildman–Crippen MR) is 68.1 cm³/mol. The molecule has 2 nitrogen and oxygen atoms in total. The molecule has 0 aliphatic rings. The van der Waals surface area contributed by atoms with Gasteiger partial charge in [-0.2, -0.15) is 0 Å². The Morgan fingerprint density at radius 1 is 1.06 bits per heavy atom. The van der Waals surface area contributed by atoms with E-state index in [0.29, 0.717) is 12.6 Å². The molecule has 0 radical (unpaired) electrons. The topological polar surface area (TPSA) is 30.9 Å². The van der Waals surface area contributed by atoms with Crippen molar-refractivity contribution >= 4 is 0 Å². The molecule has 0 spiro atoms. The first kappa shape index (κ1) is 11.0. The van der Waals surface area contributed by atoms with Gasteiger partial charge >= 0.3 is 0 Å². The zero-order valence-electron chi connectivity index (χ0n) is 9.85. The maximum atomic E-state index is 5.76. The third-order valence-corrected chi connectivity index (χ3v) is 2.80. The lowest BCUT2D eigenvalue weighted by Gasteiger charge is -2.16. The minimum atomic E-state index is 0.434. The summed E-state index contributed by atoms with van der Waals surface area (Å²) in [6.45, 7) is 4.96. The first-order valence-electron chi connectivity index (χ1n) is 5.69. The molecule has 0 aliphatic heterocycles. The molecule has 0 unspecified atom stereocenters. The van der Waals surface area contributed by atoms with Crippen molar-refractivity contribution in [1.82, 2.24) is 4.57 Å². The molecule has 2 N–H and O–H groups in total. The summed E-state index contributed by atoms with van der Waals surface area (Å²) in [7, 11) is 0. The third-order valence-electron chi connectivity index (χ3n) is 2.80. The highest BCUT2D eigenvalue weighted by Crippen LogP contribution is 2.25. The lowest BCUT2D eigenvalue weighted by Crippen LogP contribution is -2.10. The van der Waals surface area contributed by atoms with Crippen molar-refractivity contribution in [2.75, 3.05) is 0 Å². The van der Waals surface area contributed by atoms with Crippen LogP contribution in [0.15, 0.2) is 42.5 Å². The van der Waals surface area contributed by atoms with E-state index in [1.807, 2.05) is 6.07 Å². The Kier molecular flexibility index (Phi) is 3.11. The van der Waals surface area contributed by atoms with Crippen LogP contribution in [0.4, 0.5) is 0 Å². The van der Waals surface area contributed by atoms with Gasteiger partial charge in [-0.1, -0.05) is 30.3 Å². The largest absolute Gasteiger partial charge is 0.341 e. The predicted octanol–water partition coefficient (Wildman–Crippen LogP) is 3.19. The monoisotopic (exact) mass is 214 g/mol. The second kappa shape index (κ2) is 4.54. The summed E-state index contributed by atoms with van der Waals surface area (Å²) in [6, 6.07) is 15.1. The molecule has 2 rings (SSSR count). The Bertz CT molecular complexity index is 455. The van der Waals surface area contributed by atoms with Crippen LogP contribution in [0.1, 0.15) is 25.6 Å². The van der Waals surface area contributed by atoms with E-state index in [-0.39, 0.29) is 0 Å². The lowest BCUT2D eigenvalue weighted by atomic mass is 10.1. The van der Waals surface area contributed by atoms with Crippen LogP contribution in [-0.4, -0.2) is 4.57 Å². The van der Waals surface area contributed by atoms with Gasteiger partial charge in [0.1, 0.15) is 0 Å². The van der Waals surface area contributed by atoms with Crippen LogP contribution in [0.25, 0.3) is 11.3 Å². The highest BCUT2D eigenvalue weighted by Gasteiger charge is 2.10. The van der Waals surface area contributed by atoms with Crippen LogP contribution in [0.2, 0.25) is 0 Å². The molecule has 0 amide bonds. The van der Waals surface area contributed by atoms with Crippen LogP contribution in [0.3, 0.4) is 0 Å². The normalized spacial score (nSPS) is 11.0. The van der Waals surface area contributed by atoms with Crippen LogP contribution in [0, 0.1) is 0 Å². The van der Waals surface area contributed by atoms with Gasteiger partial charge < -0.3 is 10.3 Å². The molecule has 0 bridgehead atoms. The van der Waals surface area contributed by atoms with Gasteiger partial charge in [-0.3, -0.25) is 0 Å². The van der Waals surface area contributed by atoms with Crippen LogP contribution >= 0.6 is 0 Å². The zero-order valence-corrected chi connectivity index (χ0v) is 9.85. The summed E-state index contributed by atoms with van der Waals surface area (Å²) < 4.78 is 2.30. The first-order valence-corrected chi connectivity index (χ1v) is 5.69. The first-order chi connectivity index (χ1) is 7.74. The molecule has 1 aromatic heterocycles. The summed E-state index contributed by atoms with van der Waals surface area (Å²) in [5.74, 6) is 0. The third kappa shape index (κ3) is 1.89. The van der Waals surface area contributed by atoms with E-state index in [2.05, 4.69) is 54.8 Å². The van der Waals surface area contributed by atoms with Gasteiger partial charge in [-0.25, -0.2) is 0 Å². The molecule has 0 aliphatic carbocycles. The molecule has 1 heterocycles. The minimum Gasteiger partial charge on any atom is -0.341 e. The van der Waals surface area contributed by atoms with Crippen LogP contribution in [0.5, 0.6) is 0 Å². The quantitative estimate of drug-likeness (QED) is 0.835. The minimum absolute atomic E-state index is 0.434. The molecule has 2 aromatic rings. The van der Waals surface area contributed by atoms with Gasteiger partial charge in [-0.15, -0.1) is 0 Å². The van der Waals surface area contributed by atoms with E-state index >= 15 is 0 Å². The molecule has 2 heteroatoms. The fraction of sp³-hybridized carbons (Fsp3) is 0.286. The molecule has 0 atom stereocenters. The molecule has 0 saturated heterocycles. The fourth-order valence-corrected chi connectivity index (χ4v) is 2.11. The van der Waals surface area contributed by atoms with E-state index in [0.717, 1.165) is 0 Å². The van der Waals surface area contributed by atoms with E-state index in [1.54, 1.807) is 0 Å². The number of nitrogens with zero attached hydrogens (tertiary/aromatic N) is 1. The number of aromatic nitrogens is 1. The van der Waals surface area contributed by atoms with Gasteiger partial charge in [0, 0.05) is 24.0 Å². The maximum absolute atomic E-state index is 5.76. The standard InChI is InChI=1S/C14H18N2/c1-11(2)16-13(10-15)8-9-14(16)12-6-4-3-5-7-12/h3-9,11H,10,15H2,1-2H3. The highest BCUT2D eigenvalue weighted by atomic mass is 15.0. The summed E-state index contributed by atoms with van der Waals surface area (Å²) in [4.78, 5) is 0. The molecule has 0 fully saturated rings. The number of hydrogen-bond acceptors (Lipinski definition) is 1. The van der Waals surface area contributed by atoms with Crippen molar-refractivity contribution < 1.29 is 0 Å². The van der Waals surface area contributed by atoms with Crippen molar-refractivity contribution in [2.24, 2.45) is 5.73 Å².